The fourth-order valence-electron chi connectivity index (χ4n) is 8.17. The van der Waals surface area contributed by atoms with E-state index >= 15 is 4.79 Å². The average molecular weight is 677 g/mol. The number of hydrogen-bond acceptors (Lipinski definition) is 7. The summed E-state index contributed by atoms with van der Waals surface area (Å²) in [7, 11) is 0. The van der Waals surface area contributed by atoms with Gasteiger partial charge in [-0.25, -0.2) is 4.79 Å². The molecule has 4 atom stereocenters. The standard InChI is InChI=1S/C43H48O7/c1-7-8-9-10-11-12-30-32-23-33(41(47)49-38(32)28(21-34(30)44)16-13-24(2)3)40(46)43-26(6)15-18-27-19-20-31-35(45)22-29(17-14-25(4)5)39(50-42(43)48)36(31)37(27)43/h11-15,18,21-23,26-27,37,44-45H,7-10,16-17,19-20H2,1-6H3/b12-11+/t26-,27-,37+,43+/m0/s1. The molecular formula is C43H48O7. The molecule has 50 heavy (non-hydrogen) atoms. The molecule has 7 nitrogen and oxygen atoms in total. The number of ether oxygens (including phenoxy) is 1. The van der Waals surface area contributed by atoms with Crippen molar-refractivity contribution >= 4 is 28.8 Å². The van der Waals surface area contributed by atoms with Gasteiger partial charge in [-0.15, -0.1) is 0 Å². The Morgan fingerprint density at radius 2 is 1.66 bits per heavy atom. The van der Waals surface area contributed by atoms with Gasteiger partial charge in [0.2, 0.25) is 0 Å². The van der Waals surface area contributed by atoms with Crippen LogP contribution in [0.5, 0.6) is 17.2 Å². The molecule has 2 heterocycles. The van der Waals surface area contributed by atoms with Crippen molar-refractivity contribution in [2.24, 2.45) is 17.3 Å². The maximum absolute atomic E-state index is 15.2. The van der Waals surface area contributed by atoms with Gasteiger partial charge in [0, 0.05) is 39.1 Å². The van der Waals surface area contributed by atoms with E-state index in [-0.39, 0.29) is 23.0 Å². The second kappa shape index (κ2) is 13.9. The normalized spacial score (nSPS) is 22.0. The molecule has 0 saturated carbocycles. The van der Waals surface area contributed by atoms with Crippen LogP contribution in [0.25, 0.3) is 17.0 Å². The van der Waals surface area contributed by atoms with Crippen molar-refractivity contribution in [3.05, 3.63) is 104 Å². The number of carbonyl (C=O) groups excluding carboxylic acids is 2. The highest BCUT2D eigenvalue weighted by Gasteiger charge is 2.65. The Morgan fingerprint density at radius 1 is 0.960 bits per heavy atom. The molecule has 262 valence electrons. The minimum atomic E-state index is -1.76. The van der Waals surface area contributed by atoms with Crippen LogP contribution in [0, 0.1) is 17.3 Å². The van der Waals surface area contributed by atoms with Crippen molar-refractivity contribution in [3.8, 4) is 17.2 Å². The third-order valence-electron chi connectivity index (χ3n) is 10.8. The molecule has 0 radical (unpaired) electrons. The maximum atomic E-state index is 15.2. The van der Waals surface area contributed by atoms with Crippen molar-refractivity contribution in [1.82, 2.24) is 0 Å². The quantitative estimate of drug-likeness (QED) is 0.0396. The van der Waals surface area contributed by atoms with Gasteiger partial charge in [0.15, 0.2) is 5.78 Å². The van der Waals surface area contributed by atoms with Crippen LogP contribution < -0.4 is 10.4 Å². The smallest absolute Gasteiger partial charge is 0.347 e. The summed E-state index contributed by atoms with van der Waals surface area (Å²) in [5.41, 5.74) is 2.71. The zero-order chi connectivity index (χ0) is 35.9. The van der Waals surface area contributed by atoms with Gasteiger partial charge in [-0.05, 0) is 96.3 Å². The summed E-state index contributed by atoms with van der Waals surface area (Å²) in [5, 5.41) is 23.0. The fraction of sp³-hybridized carbons (Fsp3) is 0.419. The third kappa shape index (κ3) is 5.95. The van der Waals surface area contributed by atoms with Gasteiger partial charge in [0.1, 0.15) is 33.8 Å². The van der Waals surface area contributed by atoms with Crippen LogP contribution in [-0.4, -0.2) is 22.0 Å². The molecule has 1 aliphatic heterocycles. The summed E-state index contributed by atoms with van der Waals surface area (Å²) in [6, 6.07) is 4.80. The van der Waals surface area contributed by atoms with E-state index in [0.717, 1.165) is 36.8 Å². The van der Waals surface area contributed by atoms with Gasteiger partial charge in [-0.1, -0.05) is 74.3 Å². The summed E-state index contributed by atoms with van der Waals surface area (Å²) in [6.45, 7) is 11.9. The average Bonchev–Trinajstić information content (AvgIpc) is 3.07. The number of phenols is 2. The highest BCUT2D eigenvalue weighted by Crippen LogP contribution is 2.62. The van der Waals surface area contributed by atoms with Crippen molar-refractivity contribution < 1.29 is 29.0 Å². The molecule has 3 aromatic rings. The molecule has 3 aliphatic rings. The lowest BCUT2D eigenvalue weighted by molar-refractivity contribution is -0.149. The lowest BCUT2D eigenvalue weighted by atomic mass is 9.51. The minimum Gasteiger partial charge on any atom is -0.508 e. The van der Waals surface area contributed by atoms with E-state index < -0.39 is 34.6 Å². The zero-order valence-corrected chi connectivity index (χ0v) is 30.0. The number of fused-ring (bicyclic) bond motifs is 1. The summed E-state index contributed by atoms with van der Waals surface area (Å²) in [4.78, 5) is 43.8. The molecule has 2 N–H and O–H groups in total. The van der Waals surface area contributed by atoms with E-state index in [1.54, 1.807) is 12.1 Å². The van der Waals surface area contributed by atoms with Crippen LogP contribution in [0.4, 0.5) is 0 Å². The van der Waals surface area contributed by atoms with E-state index in [9.17, 15) is 19.8 Å². The highest BCUT2D eigenvalue weighted by molar-refractivity contribution is 6.16. The van der Waals surface area contributed by atoms with Crippen LogP contribution in [0.3, 0.4) is 0 Å². The van der Waals surface area contributed by atoms with Gasteiger partial charge in [0.25, 0.3) is 0 Å². The summed E-state index contributed by atoms with van der Waals surface area (Å²) in [6.07, 6.45) is 17.8. The first-order valence-corrected chi connectivity index (χ1v) is 18.0. The predicted octanol–water partition coefficient (Wildman–Crippen LogP) is 9.46. The van der Waals surface area contributed by atoms with Gasteiger partial charge in [0.05, 0.1) is 0 Å². The van der Waals surface area contributed by atoms with Crippen molar-refractivity contribution in [2.75, 3.05) is 0 Å². The molecule has 0 amide bonds. The Morgan fingerprint density at radius 3 is 2.36 bits per heavy atom. The lowest BCUT2D eigenvalue weighted by Gasteiger charge is -2.51. The van der Waals surface area contributed by atoms with Crippen molar-refractivity contribution in [1.29, 1.82) is 0 Å². The molecule has 0 spiro atoms. The Bertz CT molecular complexity index is 2050. The number of ketones is 1. The van der Waals surface area contributed by atoms with Gasteiger partial charge in [-0.3, -0.25) is 9.59 Å². The number of carbonyl (C=O) groups is 2. The molecule has 2 aromatic carbocycles. The van der Waals surface area contributed by atoms with E-state index in [0.29, 0.717) is 70.2 Å². The van der Waals surface area contributed by atoms with Crippen molar-refractivity contribution in [3.63, 3.8) is 0 Å². The Hall–Kier alpha value is -4.65. The molecule has 6 rings (SSSR count). The maximum Gasteiger partial charge on any atom is 0.347 e. The van der Waals surface area contributed by atoms with Crippen LogP contribution in [0.2, 0.25) is 0 Å². The second-order valence-electron chi connectivity index (χ2n) is 14.7. The SMILES string of the molecule is CCCCC/C=C/c1c(O)cc(CC=C(C)C)c2oc(=O)c(C(=O)[C@]34C(=O)Oc5c(CC=C(C)C)cc(O)c6c5[C@H]3[C@@H](C=C[C@@H]4C)CC6)cc12. The van der Waals surface area contributed by atoms with Gasteiger partial charge < -0.3 is 19.4 Å². The van der Waals surface area contributed by atoms with E-state index in [4.69, 9.17) is 9.15 Å². The first-order chi connectivity index (χ1) is 23.9. The monoisotopic (exact) mass is 676 g/mol. The summed E-state index contributed by atoms with van der Waals surface area (Å²) in [5.74, 6) is -2.24. The number of hydrogen-bond donors (Lipinski definition) is 2. The fourth-order valence-corrected chi connectivity index (χ4v) is 8.17. The van der Waals surface area contributed by atoms with Crippen LogP contribution >= 0.6 is 0 Å². The molecule has 0 unspecified atom stereocenters. The third-order valence-corrected chi connectivity index (χ3v) is 10.8. The lowest BCUT2D eigenvalue weighted by Crippen LogP contribution is -2.58. The molecule has 1 aromatic heterocycles. The zero-order valence-electron chi connectivity index (χ0n) is 30.0. The molecule has 7 heteroatoms. The topological polar surface area (TPSA) is 114 Å². The van der Waals surface area contributed by atoms with Gasteiger partial charge in [-0.2, -0.15) is 0 Å². The predicted molar refractivity (Wildman–Crippen MR) is 197 cm³/mol. The van der Waals surface area contributed by atoms with Crippen LogP contribution in [-0.2, 0) is 24.1 Å². The second-order valence-corrected chi connectivity index (χ2v) is 14.7. The first kappa shape index (κ1) is 35.2. The van der Waals surface area contributed by atoms with E-state index in [2.05, 4.69) is 13.0 Å². The number of aromatic hydroxyl groups is 2. The summed E-state index contributed by atoms with van der Waals surface area (Å²) < 4.78 is 12.2. The largest absolute Gasteiger partial charge is 0.508 e. The number of phenolic OH excluding ortho intramolecular Hbond substituents is 2. The molecular weight excluding hydrogens is 628 g/mol. The van der Waals surface area contributed by atoms with E-state index in [1.807, 2.05) is 65.0 Å². The molecule has 0 bridgehead atoms. The number of benzene rings is 2. The molecule has 0 fully saturated rings. The summed E-state index contributed by atoms with van der Waals surface area (Å²) >= 11 is 0. The number of allylic oxidation sites excluding steroid dienone is 7. The number of Topliss-reactive ketones (excluding diaryl/α,β-unsaturated/α-hetero) is 1. The first-order valence-electron chi connectivity index (χ1n) is 18.0. The molecule has 0 saturated heterocycles. The Labute approximate surface area is 294 Å². The van der Waals surface area contributed by atoms with Gasteiger partial charge >= 0.3 is 11.6 Å². The molecule has 2 aliphatic carbocycles. The minimum absolute atomic E-state index is 0.0168. The number of esters is 1. The number of rotatable bonds is 11. The van der Waals surface area contributed by atoms with Crippen LogP contribution in [0.15, 0.2) is 68.9 Å². The highest BCUT2D eigenvalue weighted by atomic mass is 16.5. The van der Waals surface area contributed by atoms with E-state index in [1.165, 1.54) is 6.07 Å². The Kier molecular flexibility index (Phi) is 9.80. The number of unbranched alkanes of at least 4 members (excludes halogenated alkanes) is 3. The Balaban J connectivity index is 1.56. The van der Waals surface area contributed by atoms with Crippen LogP contribution in [0.1, 0.15) is 118 Å². The van der Waals surface area contributed by atoms with Crippen molar-refractivity contribution in [2.45, 2.75) is 98.8 Å².